The van der Waals surface area contributed by atoms with Gasteiger partial charge in [0.25, 0.3) is 0 Å². The molecule has 1 heterocycles. The second kappa shape index (κ2) is 3.34. The Morgan fingerprint density at radius 3 is 2.57 bits per heavy atom. The Labute approximate surface area is 83.8 Å². The van der Waals surface area contributed by atoms with E-state index >= 15 is 0 Å². The van der Waals surface area contributed by atoms with Crippen LogP contribution >= 0.6 is 12.2 Å². The summed E-state index contributed by atoms with van der Waals surface area (Å²) in [6.45, 7) is 0. The standard InChI is InChI=1S/C9H6F2N2S/c10-7-2-1-6(5-8(7)11)13-4-3-12-9(13)14/h1-5H,(H,12,14). The average molecular weight is 212 g/mol. The van der Waals surface area contributed by atoms with E-state index < -0.39 is 11.6 Å². The van der Waals surface area contributed by atoms with Gasteiger partial charge in [0.05, 0.1) is 5.69 Å². The summed E-state index contributed by atoms with van der Waals surface area (Å²) in [5.41, 5.74) is 0.496. The minimum absolute atomic E-state index is 0.441. The molecule has 14 heavy (non-hydrogen) atoms. The number of imidazole rings is 1. The summed E-state index contributed by atoms with van der Waals surface area (Å²) in [6, 6.07) is 3.63. The number of nitrogens with zero attached hydrogens (tertiary/aromatic N) is 1. The maximum Gasteiger partial charge on any atom is 0.181 e. The van der Waals surface area contributed by atoms with Crippen molar-refractivity contribution in [3.8, 4) is 5.69 Å². The molecule has 2 nitrogen and oxygen atoms in total. The molecule has 0 aliphatic rings. The van der Waals surface area contributed by atoms with Crippen LogP contribution in [-0.2, 0) is 0 Å². The number of halogens is 2. The van der Waals surface area contributed by atoms with Gasteiger partial charge in [-0.3, -0.25) is 4.57 Å². The third kappa shape index (κ3) is 1.46. The molecule has 0 spiro atoms. The van der Waals surface area contributed by atoms with Gasteiger partial charge in [-0.2, -0.15) is 0 Å². The summed E-state index contributed by atoms with van der Waals surface area (Å²) < 4.78 is 27.5. The second-order valence-electron chi connectivity index (χ2n) is 2.73. The van der Waals surface area contributed by atoms with Crippen molar-refractivity contribution < 1.29 is 8.78 Å². The average Bonchev–Trinajstić information content (AvgIpc) is 2.57. The Kier molecular flexibility index (Phi) is 2.17. The van der Waals surface area contributed by atoms with E-state index in [4.69, 9.17) is 12.2 Å². The summed E-state index contributed by atoms with van der Waals surface area (Å²) >= 11 is 4.93. The first-order valence-corrected chi connectivity index (χ1v) is 4.31. The minimum atomic E-state index is -0.884. The van der Waals surface area contributed by atoms with Crippen LogP contribution in [0.3, 0.4) is 0 Å². The zero-order valence-corrected chi connectivity index (χ0v) is 7.81. The Hall–Kier alpha value is -1.49. The number of aromatic nitrogens is 2. The lowest BCUT2D eigenvalue weighted by Crippen LogP contribution is -1.94. The fourth-order valence-electron chi connectivity index (χ4n) is 1.16. The number of hydrogen-bond donors (Lipinski definition) is 1. The SMILES string of the molecule is Fc1ccc(-n2cc[nH]c2=S)cc1F. The summed E-state index contributed by atoms with van der Waals surface area (Å²) in [4.78, 5) is 2.76. The van der Waals surface area contributed by atoms with E-state index in [1.54, 1.807) is 17.0 Å². The third-order valence-electron chi connectivity index (χ3n) is 1.83. The Balaban J connectivity index is 2.59. The van der Waals surface area contributed by atoms with Gasteiger partial charge in [-0.05, 0) is 24.4 Å². The van der Waals surface area contributed by atoms with Crippen molar-refractivity contribution >= 4 is 12.2 Å². The molecular weight excluding hydrogens is 206 g/mol. The predicted octanol–water partition coefficient (Wildman–Crippen LogP) is 2.81. The molecule has 5 heteroatoms. The topological polar surface area (TPSA) is 20.7 Å². The van der Waals surface area contributed by atoms with Crippen LogP contribution in [0.15, 0.2) is 30.6 Å². The summed E-state index contributed by atoms with van der Waals surface area (Å²) in [7, 11) is 0. The fourth-order valence-corrected chi connectivity index (χ4v) is 1.39. The number of aromatic amines is 1. The molecule has 0 aliphatic carbocycles. The highest BCUT2D eigenvalue weighted by Crippen LogP contribution is 2.12. The number of nitrogens with one attached hydrogen (secondary N) is 1. The number of hydrogen-bond acceptors (Lipinski definition) is 1. The van der Waals surface area contributed by atoms with Gasteiger partial charge in [0.1, 0.15) is 0 Å². The number of benzene rings is 1. The summed E-state index contributed by atoms with van der Waals surface area (Å²) in [6.07, 6.45) is 3.28. The van der Waals surface area contributed by atoms with Crippen LogP contribution in [-0.4, -0.2) is 9.55 Å². The lowest BCUT2D eigenvalue weighted by molar-refractivity contribution is 0.508. The van der Waals surface area contributed by atoms with E-state index in [1.807, 2.05) is 0 Å². The molecule has 0 amide bonds. The van der Waals surface area contributed by atoms with E-state index in [9.17, 15) is 8.78 Å². The van der Waals surface area contributed by atoms with E-state index in [0.717, 1.165) is 12.1 Å². The number of rotatable bonds is 1. The third-order valence-corrected chi connectivity index (χ3v) is 2.15. The molecule has 2 rings (SSSR count). The summed E-state index contributed by atoms with van der Waals surface area (Å²) in [5, 5.41) is 0. The highest BCUT2D eigenvalue weighted by atomic mass is 32.1. The monoisotopic (exact) mass is 212 g/mol. The zero-order valence-electron chi connectivity index (χ0n) is 7.00. The maximum absolute atomic E-state index is 12.9. The Morgan fingerprint density at radius 2 is 2.00 bits per heavy atom. The summed E-state index contributed by atoms with van der Waals surface area (Å²) in [5.74, 6) is -1.75. The van der Waals surface area contributed by atoms with E-state index in [2.05, 4.69) is 4.98 Å². The fraction of sp³-hybridized carbons (Fsp3) is 0. The van der Waals surface area contributed by atoms with E-state index in [0.29, 0.717) is 10.5 Å². The Bertz CT molecular complexity index is 516. The van der Waals surface area contributed by atoms with Gasteiger partial charge in [-0.15, -0.1) is 0 Å². The van der Waals surface area contributed by atoms with Crippen molar-refractivity contribution in [2.75, 3.05) is 0 Å². The molecule has 1 aromatic heterocycles. The highest BCUT2D eigenvalue weighted by molar-refractivity contribution is 7.71. The van der Waals surface area contributed by atoms with Gasteiger partial charge < -0.3 is 4.98 Å². The molecule has 1 N–H and O–H groups in total. The Morgan fingerprint density at radius 1 is 1.21 bits per heavy atom. The molecular formula is C9H6F2N2S. The van der Waals surface area contributed by atoms with Crippen LogP contribution < -0.4 is 0 Å². The normalized spacial score (nSPS) is 10.4. The van der Waals surface area contributed by atoms with Crippen molar-refractivity contribution in [1.29, 1.82) is 0 Å². The van der Waals surface area contributed by atoms with Gasteiger partial charge in [-0.25, -0.2) is 8.78 Å². The number of H-pyrrole nitrogens is 1. The lowest BCUT2D eigenvalue weighted by Gasteiger charge is -2.01. The van der Waals surface area contributed by atoms with Gasteiger partial charge in [0, 0.05) is 18.5 Å². The van der Waals surface area contributed by atoms with E-state index in [-0.39, 0.29) is 0 Å². The molecule has 0 saturated carbocycles. The van der Waals surface area contributed by atoms with Crippen LogP contribution in [0, 0.1) is 16.4 Å². The molecule has 0 saturated heterocycles. The van der Waals surface area contributed by atoms with Gasteiger partial charge >= 0.3 is 0 Å². The molecule has 0 atom stereocenters. The predicted molar refractivity (Wildman–Crippen MR) is 50.9 cm³/mol. The van der Waals surface area contributed by atoms with Crippen molar-refractivity contribution in [1.82, 2.24) is 9.55 Å². The van der Waals surface area contributed by atoms with Crippen molar-refractivity contribution in [2.45, 2.75) is 0 Å². The quantitative estimate of drug-likeness (QED) is 0.721. The first-order valence-electron chi connectivity index (χ1n) is 3.90. The molecule has 1 aromatic carbocycles. The van der Waals surface area contributed by atoms with Crippen molar-refractivity contribution in [3.05, 3.63) is 47.0 Å². The molecule has 0 bridgehead atoms. The first kappa shape index (κ1) is 9.08. The van der Waals surface area contributed by atoms with Crippen LogP contribution in [0.1, 0.15) is 0 Å². The molecule has 72 valence electrons. The van der Waals surface area contributed by atoms with Gasteiger partial charge in [-0.1, -0.05) is 0 Å². The molecule has 0 fully saturated rings. The first-order chi connectivity index (χ1) is 6.68. The minimum Gasteiger partial charge on any atom is -0.337 e. The van der Waals surface area contributed by atoms with Crippen molar-refractivity contribution in [3.63, 3.8) is 0 Å². The zero-order chi connectivity index (χ0) is 10.1. The van der Waals surface area contributed by atoms with E-state index in [1.165, 1.54) is 6.07 Å². The molecule has 2 aromatic rings. The molecule has 0 unspecified atom stereocenters. The second-order valence-corrected chi connectivity index (χ2v) is 3.12. The van der Waals surface area contributed by atoms with Crippen LogP contribution in [0.25, 0.3) is 5.69 Å². The van der Waals surface area contributed by atoms with Crippen LogP contribution in [0.2, 0.25) is 0 Å². The largest absolute Gasteiger partial charge is 0.337 e. The maximum atomic E-state index is 12.9. The van der Waals surface area contributed by atoms with Crippen molar-refractivity contribution in [2.24, 2.45) is 0 Å². The van der Waals surface area contributed by atoms with Crippen LogP contribution in [0.4, 0.5) is 8.78 Å². The highest BCUT2D eigenvalue weighted by Gasteiger charge is 2.03. The van der Waals surface area contributed by atoms with Crippen LogP contribution in [0.5, 0.6) is 0 Å². The molecule has 0 aliphatic heterocycles. The van der Waals surface area contributed by atoms with Gasteiger partial charge in [0.2, 0.25) is 0 Å². The molecule has 0 radical (unpaired) electrons. The smallest absolute Gasteiger partial charge is 0.181 e. The van der Waals surface area contributed by atoms with Gasteiger partial charge in [0.15, 0.2) is 16.4 Å². The lowest BCUT2D eigenvalue weighted by atomic mass is 10.3.